The molecule has 1 aromatic heterocycles. The molecule has 5 heteroatoms. The number of methoxy groups -OCH3 is 1. The van der Waals surface area contributed by atoms with Crippen LogP contribution in [0.1, 0.15) is 22.8 Å². The molecule has 0 unspecified atom stereocenters. The summed E-state index contributed by atoms with van der Waals surface area (Å²) >= 11 is 1.54. The highest BCUT2D eigenvalue weighted by atomic mass is 32.1. The highest BCUT2D eigenvalue weighted by Crippen LogP contribution is 2.14. The first kappa shape index (κ1) is 16.0. The van der Waals surface area contributed by atoms with Crippen LogP contribution in [0.3, 0.4) is 0 Å². The molecule has 0 bridgehead atoms. The topological polar surface area (TPSA) is 52.6 Å². The first-order valence-corrected chi connectivity index (χ1v) is 7.63. The van der Waals surface area contributed by atoms with Crippen molar-refractivity contribution in [3.63, 3.8) is 0 Å². The van der Waals surface area contributed by atoms with E-state index in [4.69, 9.17) is 9.47 Å². The summed E-state index contributed by atoms with van der Waals surface area (Å²) in [6, 6.07) is 8.57. The van der Waals surface area contributed by atoms with Crippen LogP contribution in [-0.4, -0.2) is 25.0 Å². The zero-order valence-corrected chi connectivity index (χ0v) is 13.1. The summed E-state index contributed by atoms with van der Waals surface area (Å²) in [6.07, 6.45) is 2.14. The molecule has 22 heavy (non-hydrogen) atoms. The van der Waals surface area contributed by atoms with E-state index in [1.807, 2.05) is 16.8 Å². The molecule has 0 saturated heterocycles. The highest BCUT2D eigenvalue weighted by Gasteiger charge is 2.18. The van der Waals surface area contributed by atoms with E-state index in [9.17, 15) is 9.59 Å². The van der Waals surface area contributed by atoms with Crippen molar-refractivity contribution in [3.05, 3.63) is 58.3 Å². The monoisotopic (exact) mass is 316 g/mol. The van der Waals surface area contributed by atoms with Gasteiger partial charge >= 0.3 is 5.97 Å². The number of rotatable bonds is 6. The van der Waals surface area contributed by atoms with Gasteiger partial charge in [0, 0.05) is 11.6 Å². The standard InChI is InChI=1S/C17H16O4S/c1-12(17(19)14-4-6-15(20-2)7-5-14)21-16(18)8-3-13-9-10-22-11-13/h3-12H,1-2H3/b8-3+/t12-/m0/s1. The van der Waals surface area contributed by atoms with Crippen molar-refractivity contribution in [2.75, 3.05) is 7.11 Å². The number of ketones is 1. The van der Waals surface area contributed by atoms with Gasteiger partial charge in [-0.05, 0) is 59.7 Å². The molecule has 0 fully saturated rings. The quantitative estimate of drug-likeness (QED) is 0.464. The lowest BCUT2D eigenvalue weighted by Gasteiger charge is -2.11. The van der Waals surface area contributed by atoms with Crippen LogP contribution >= 0.6 is 11.3 Å². The third-order valence-corrected chi connectivity index (χ3v) is 3.69. The van der Waals surface area contributed by atoms with Crippen LogP contribution in [0.2, 0.25) is 0 Å². The minimum absolute atomic E-state index is 0.250. The van der Waals surface area contributed by atoms with Crippen LogP contribution in [0.15, 0.2) is 47.2 Å². The van der Waals surface area contributed by atoms with Crippen molar-refractivity contribution < 1.29 is 19.1 Å². The predicted molar refractivity (Wildman–Crippen MR) is 86.2 cm³/mol. The molecule has 2 aromatic rings. The average molecular weight is 316 g/mol. The van der Waals surface area contributed by atoms with E-state index in [0.717, 1.165) is 5.56 Å². The number of thiophene rings is 1. The van der Waals surface area contributed by atoms with Gasteiger partial charge in [0.2, 0.25) is 5.78 Å². The molecule has 1 aromatic carbocycles. The molecule has 1 heterocycles. The Kier molecular flexibility index (Phi) is 5.49. The maximum atomic E-state index is 12.2. The van der Waals surface area contributed by atoms with E-state index in [2.05, 4.69) is 0 Å². The van der Waals surface area contributed by atoms with Gasteiger partial charge in [0.1, 0.15) is 5.75 Å². The van der Waals surface area contributed by atoms with Crippen molar-refractivity contribution in [1.82, 2.24) is 0 Å². The first-order chi connectivity index (χ1) is 10.6. The molecule has 0 amide bonds. The average Bonchev–Trinajstić information content (AvgIpc) is 3.05. The van der Waals surface area contributed by atoms with Gasteiger partial charge in [-0.1, -0.05) is 0 Å². The van der Waals surface area contributed by atoms with E-state index in [1.54, 1.807) is 55.7 Å². The molecule has 0 radical (unpaired) electrons. The van der Waals surface area contributed by atoms with Gasteiger partial charge < -0.3 is 9.47 Å². The Morgan fingerprint density at radius 3 is 2.50 bits per heavy atom. The number of hydrogen-bond donors (Lipinski definition) is 0. The lowest BCUT2D eigenvalue weighted by atomic mass is 10.1. The summed E-state index contributed by atoms with van der Waals surface area (Å²) in [5.74, 6) is -0.125. The third kappa shape index (κ3) is 4.30. The van der Waals surface area contributed by atoms with Gasteiger partial charge in [0.25, 0.3) is 0 Å². The van der Waals surface area contributed by atoms with Gasteiger partial charge in [-0.15, -0.1) is 0 Å². The highest BCUT2D eigenvalue weighted by molar-refractivity contribution is 7.08. The molecular formula is C17H16O4S. The molecule has 0 aliphatic carbocycles. The van der Waals surface area contributed by atoms with Crippen molar-refractivity contribution in [2.24, 2.45) is 0 Å². The van der Waals surface area contributed by atoms with Gasteiger partial charge in [-0.25, -0.2) is 4.79 Å². The van der Waals surface area contributed by atoms with E-state index in [1.165, 1.54) is 6.08 Å². The number of esters is 1. The number of ether oxygens (including phenoxy) is 2. The second-order valence-electron chi connectivity index (χ2n) is 4.56. The zero-order valence-electron chi connectivity index (χ0n) is 12.3. The maximum Gasteiger partial charge on any atom is 0.331 e. The molecule has 0 aliphatic heterocycles. The lowest BCUT2D eigenvalue weighted by molar-refractivity contribution is -0.140. The Morgan fingerprint density at radius 1 is 1.18 bits per heavy atom. The fourth-order valence-corrected chi connectivity index (χ4v) is 2.42. The minimum atomic E-state index is -0.840. The Hall–Kier alpha value is -2.40. The molecule has 2 rings (SSSR count). The van der Waals surface area contributed by atoms with E-state index >= 15 is 0 Å². The van der Waals surface area contributed by atoms with Gasteiger partial charge in [-0.2, -0.15) is 11.3 Å². The number of carbonyl (C=O) groups is 2. The second-order valence-corrected chi connectivity index (χ2v) is 5.34. The summed E-state index contributed by atoms with van der Waals surface area (Å²) in [4.78, 5) is 23.9. The zero-order chi connectivity index (χ0) is 15.9. The number of carbonyl (C=O) groups excluding carboxylic acids is 2. The first-order valence-electron chi connectivity index (χ1n) is 6.69. The summed E-state index contributed by atoms with van der Waals surface area (Å²) in [5.41, 5.74) is 1.40. The molecule has 1 atom stereocenters. The van der Waals surface area contributed by atoms with E-state index < -0.39 is 12.1 Å². The summed E-state index contributed by atoms with van der Waals surface area (Å²) in [5, 5.41) is 3.83. The van der Waals surface area contributed by atoms with Crippen molar-refractivity contribution in [1.29, 1.82) is 0 Å². The second kappa shape index (κ2) is 7.56. The molecule has 0 N–H and O–H groups in total. The lowest BCUT2D eigenvalue weighted by Crippen LogP contribution is -2.23. The van der Waals surface area contributed by atoms with Crippen LogP contribution in [-0.2, 0) is 9.53 Å². The number of hydrogen-bond acceptors (Lipinski definition) is 5. The normalized spacial score (nSPS) is 12.1. The predicted octanol–water partition coefficient (Wildman–Crippen LogP) is 3.58. The van der Waals surface area contributed by atoms with Crippen LogP contribution < -0.4 is 4.74 Å². The summed E-state index contributed by atoms with van der Waals surface area (Å²) in [6.45, 7) is 1.56. The van der Waals surface area contributed by atoms with Crippen molar-refractivity contribution in [2.45, 2.75) is 13.0 Å². The molecule has 4 nitrogen and oxygen atoms in total. The smallest absolute Gasteiger partial charge is 0.331 e. The fourth-order valence-electron chi connectivity index (χ4n) is 1.79. The summed E-state index contributed by atoms with van der Waals surface area (Å²) in [7, 11) is 1.56. The Labute approximate surface area is 133 Å². The Morgan fingerprint density at radius 2 is 1.91 bits per heavy atom. The van der Waals surface area contributed by atoms with Crippen LogP contribution in [0.25, 0.3) is 6.08 Å². The number of Topliss-reactive ketones (excluding diaryl/α,β-unsaturated/α-hetero) is 1. The number of benzene rings is 1. The van der Waals surface area contributed by atoms with Crippen LogP contribution in [0, 0.1) is 0 Å². The van der Waals surface area contributed by atoms with E-state index in [0.29, 0.717) is 11.3 Å². The maximum absolute atomic E-state index is 12.2. The van der Waals surface area contributed by atoms with Gasteiger partial charge in [-0.3, -0.25) is 4.79 Å². The van der Waals surface area contributed by atoms with Crippen molar-refractivity contribution in [3.8, 4) is 5.75 Å². The largest absolute Gasteiger partial charge is 0.497 e. The van der Waals surface area contributed by atoms with Crippen molar-refractivity contribution >= 4 is 29.2 Å². The van der Waals surface area contributed by atoms with Crippen LogP contribution in [0.4, 0.5) is 0 Å². The molecule has 0 aliphatic rings. The Bertz CT molecular complexity index is 656. The van der Waals surface area contributed by atoms with Gasteiger partial charge in [0.05, 0.1) is 7.11 Å². The minimum Gasteiger partial charge on any atom is -0.497 e. The molecule has 0 saturated carbocycles. The van der Waals surface area contributed by atoms with Gasteiger partial charge in [0.15, 0.2) is 6.10 Å². The van der Waals surface area contributed by atoms with E-state index in [-0.39, 0.29) is 5.78 Å². The third-order valence-electron chi connectivity index (χ3n) is 2.99. The summed E-state index contributed by atoms with van der Waals surface area (Å²) < 4.78 is 10.2. The Balaban J connectivity index is 1.94. The van der Waals surface area contributed by atoms with Crippen LogP contribution in [0.5, 0.6) is 5.75 Å². The molecule has 114 valence electrons. The SMILES string of the molecule is COc1ccc(C(=O)[C@H](C)OC(=O)/C=C/c2ccsc2)cc1. The molecule has 0 spiro atoms. The molecular weight excluding hydrogens is 300 g/mol. The fraction of sp³-hybridized carbons (Fsp3) is 0.176.